The molecule has 2 aromatic rings. The number of hydrogen-bond acceptors (Lipinski definition) is 3. The van der Waals surface area contributed by atoms with Gasteiger partial charge in [-0.3, -0.25) is 4.79 Å². The number of sulfone groups is 1. The number of rotatable bonds is 4. The van der Waals surface area contributed by atoms with Gasteiger partial charge in [0.05, 0.1) is 22.1 Å². The summed E-state index contributed by atoms with van der Waals surface area (Å²) in [5.74, 6) is -0.0963. The van der Waals surface area contributed by atoms with Crippen LogP contribution in [0.3, 0.4) is 0 Å². The maximum Gasteiger partial charge on any atom is 0.255 e. The van der Waals surface area contributed by atoms with Gasteiger partial charge in [-0.25, -0.2) is 8.42 Å². The smallest absolute Gasteiger partial charge is 0.255 e. The predicted molar refractivity (Wildman–Crippen MR) is 94.8 cm³/mol. The molecule has 0 bridgehead atoms. The highest BCUT2D eigenvalue weighted by Gasteiger charge is 2.35. The fourth-order valence-electron chi connectivity index (χ4n) is 2.96. The Morgan fingerprint density at radius 2 is 1.75 bits per heavy atom. The summed E-state index contributed by atoms with van der Waals surface area (Å²) >= 11 is 6.16. The van der Waals surface area contributed by atoms with E-state index in [0.29, 0.717) is 23.6 Å². The summed E-state index contributed by atoms with van der Waals surface area (Å²) in [6, 6.07) is 16.1. The minimum Gasteiger partial charge on any atom is -0.330 e. The molecule has 1 aliphatic rings. The zero-order chi connectivity index (χ0) is 17.2. The van der Waals surface area contributed by atoms with Gasteiger partial charge in [-0.05, 0) is 24.1 Å². The molecule has 0 aromatic heterocycles. The van der Waals surface area contributed by atoms with Gasteiger partial charge in [-0.15, -0.1) is 0 Å². The van der Waals surface area contributed by atoms with Crippen LogP contribution in [0, 0.1) is 0 Å². The molecule has 1 saturated heterocycles. The second-order valence-corrected chi connectivity index (χ2v) is 8.59. The van der Waals surface area contributed by atoms with Crippen molar-refractivity contribution in [1.29, 1.82) is 0 Å². The molecule has 1 heterocycles. The number of halogens is 1. The van der Waals surface area contributed by atoms with Crippen LogP contribution < -0.4 is 0 Å². The van der Waals surface area contributed by atoms with Crippen molar-refractivity contribution in [2.45, 2.75) is 19.0 Å². The molecule has 3 rings (SSSR count). The van der Waals surface area contributed by atoms with Gasteiger partial charge in [0, 0.05) is 12.6 Å². The normalized spacial score (nSPS) is 19.1. The first-order chi connectivity index (χ1) is 11.5. The maximum absolute atomic E-state index is 13.0. The number of carbonyl (C=O) groups excluding carboxylic acids is 1. The Labute approximate surface area is 147 Å². The van der Waals surface area contributed by atoms with Gasteiger partial charge >= 0.3 is 0 Å². The van der Waals surface area contributed by atoms with E-state index in [1.54, 1.807) is 29.2 Å². The lowest BCUT2D eigenvalue weighted by Gasteiger charge is -2.29. The third-order valence-corrected chi connectivity index (χ3v) is 6.29. The molecular formula is C18H18ClNO3S. The van der Waals surface area contributed by atoms with Gasteiger partial charge < -0.3 is 4.90 Å². The van der Waals surface area contributed by atoms with Crippen LogP contribution in [0.4, 0.5) is 0 Å². The summed E-state index contributed by atoms with van der Waals surface area (Å²) in [6.45, 7) is 0.366. The molecule has 0 N–H and O–H groups in total. The Kier molecular flexibility index (Phi) is 4.92. The Morgan fingerprint density at radius 1 is 1.08 bits per heavy atom. The van der Waals surface area contributed by atoms with E-state index in [4.69, 9.17) is 11.6 Å². The van der Waals surface area contributed by atoms with Crippen LogP contribution in [-0.4, -0.2) is 36.8 Å². The predicted octanol–water partition coefficient (Wildman–Crippen LogP) is 3.17. The Bertz CT molecular complexity index is 836. The van der Waals surface area contributed by atoms with E-state index < -0.39 is 9.84 Å². The van der Waals surface area contributed by atoms with Crippen LogP contribution in [0.2, 0.25) is 5.02 Å². The molecule has 1 unspecified atom stereocenters. The number of carbonyl (C=O) groups is 1. The quantitative estimate of drug-likeness (QED) is 0.838. The van der Waals surface area contributed by atoms with Crippen LogP contribution >= 0.6 is 11.6 Å². The average molecular weight is 364 g/mol. The van der Waals surface area contributed by atoms with E-state index in [2.05, 4.69) is 0 Å². The maximum atomic E-state index is 13.0. The van der Waals surface area contributed by atoms with Gasteiger partial charge in [0.25, 0.3) is 5.91 Å². The van der Waals surface area contributed by atoms with E-state index in [1.165, 1.54) is 0 Å². The second kappa shape index (κ2) is 6.95. The summed E-state index contributed by atoms with van der Waals surface area (Å²) < 4.78 is 23.7. The lowest BCUT2D eigenvalue weighted by atomic mass is 10.1. The van der Waals surface area contributed by atoms with Crippen molar-refractivity contribution >= 4 is 27.3 Å². The molecular weight excluding hydrogens is 346 g/mol. The first kappa shape index (κ1) is 17.0. The standard InChI is InChI=1S/C18H18ClNO3S/c19-17-9-5-4-8-16(17)18(21)20(12-14-6-2-1-3-7-14)15-10-11-24(22,23)13-15/h1-9,15H,10-13H2. The monoisotopic (exact) mass is 363 g/mol. The van der Waals surface area contributed by atoms with Gasteiger partial charge in [0.1, 0.15) is 0 Å². The molecule has 0 aliphatic carbocycles. The van der Waals surface area contributed by atoms with Crippen LogP contribution in [0.25, 0.3) is 0 Å². The lowest BCUT2D eigenvalue weighted by Crippen LogP contribution is -2.40. The molecule has 24 heavy (non-hydrogen) atoms. The molecule has 4 nitrogen and oxygen atoms in total. The first-order valence-electron chi connectivity index (χ1n) is 7.76. The highest BCUT2D eigenvalue weighted by Crippen LogP contribution is 2.25. The second-order valence-electron chi connectivity index (χ2n) is 5.96. The highest BCUT2D eigenvalue weighted by atomic mass is 35.5. The molecule has 0 spiro atoms. The fourth-order valence-corrected chi connectivity index (χ4v) is 4.90. The van der Waals surface area contributed by atoms with E-state index in [9.17, 15) is 13.2 Å². The average Bonchev–Trinajstić information content (AvgIpc) is 2.93. The van der Waals surface area contributed by atoms with Crippen molar-refractivity contribution in [3.63, 3.8) is 0 Å². The summed E-state index contributed by atoms with van der Waals surface area (Å²) in [6.07, 6.45) is 0.464. The topological polar surface area (TPSA) is 54.5 Å². The van der Waals surface area contributed by atoms with E-state index in [-0.39, 0.29) is 23.5 Å². The molecule has 1 fully saturated rings. The molecule has 126 valence electrons. The summed E-state index contributed by atoms with van der Waals surface area (Å²) in [5, 5.41) is 0.376. The third-order valence-electron chi connectivity index (χ3n) is 4.21. The highest BCUT2D eigenvalue weighted by molar-refractivity contribution is 7.91. The Morgan fingerprint density at radius 3 is 2.38 bits per heavy atom. The van der Waals surface area contributed by atoms with Crippen LogP contribution in [0.5, 0.6) is 0 Å². The van der Waals surface area contributed by atoms with Gasteiger partial charge in [-0.2, -0.15) is 0 Å². The summed E-state index contributed by atoms with van der Waals surface area (Å²) in [4.78, 5) is 14.7. The zero-order valence-corrected chi connectivity index (χ0v) is 14.6. The van der Waals surface area contributed by atoms with Gasteiger partial charge in [-0.1, -0.05) is 54.1 Å². The van der Waals surface area contributed by atoms with Crippen molar-refractivity contribution in [3.05, 3.63) is 70.7 Å². The number of benzene rings is 2. The largest absolute Gasteiger partial charge is 0.330 e. The summed E-state index contributed by atoms with van der Waals surface area (Å²) in [7, 11) is -3.09. The number of hydrogen-bond donors (Lipinski definition) is 0. The fraction of sp³-hybridized carbons (Fsp3) is 0.278. The molecule has 6 heteroatoms. The lowest BCUT2D eigenvalue weighted by molar-refractivity contribution is 0.0681. The van der Waals surface area contributed by atoms with Gasteiger partial charge in [0.15, 0.2) is 9.84 Å². The number of amides is 1. The molecule has 1 aliphatic heterocycles. The van der Waals surface area contributed by atoms with Gasteiger partial charge in [0.2, 0.25) is 0 Å². The molecule has 0 radical (unpaired) electrons. The van der Waals surface area contributed by atoms with Crippen molar-refractivity contribution < 1.29 is 13.2 Å². The Hall–Kier alpha value is -1.85. The minimum atomic E-state index is -3.09. The SMILES string of the molecule is O=C(c1ccccc1Cl)N(Cc1ccccc1)C1CCS(=O)(=O)C1. The van der Waals surface area contributed by atoms with E-state index in [0.717, 1.165) is 5.56 Å². The van der Waals surface area contributed by atoms with Crippen LogP contribution in [0.15, 0.2) is 54.6 Å². The summed E-state index contributed by atoms with van der Waals surface area (Å²) in [5.41, 5.74) is 1.36. The third kappa shape index (κ3) is 3.79. The molecule has 1 atom stereocenters. The van der Waals surface area contributed by atoms with Crippen LogP contribution in [0.1, 0.15) is 22.3 Å². The Balaban J connectivity index is 1.93. The van der Waals surface area contributed by atoms with E-state index >= 15 is 0 Å². The van der Waals surface area contributed by atoms with Crippen LogP contribution in [-0.2, 0) is 16.4 Å². The molecule has 1 amide bonds. The van der Waals surface area contributed by atoms with E-state index in [1.807, 2.05) is 30.3 Å². The number of nitrogens with zero attached hydrogens (tertiary/aromatic N) is 1. The van der Waals surface area contributed by atoms with Crippen molar-refractivity contribution in [2.24, 2.45) is 0 Å². The minimum absolute atomic E-state index is 0.00995. The van der Waals surface area contributed by atoms with Crippen molar-refractivity contribution in [1.82, 2.24) is 4.90 Å². The molecule has 0 saturated carbocycles. The molecule has 2 aromatic carbocycles. The first-order valence-corrected chi connectivity index (χ1v) is 9.96. The van der Waals surface area contributed by atoms with Crippen molar-refractivity contribution in [2.75, 3.05) is 11.5 Å². The van der Waals surface area contributed by atoms with Crippen molar-refractivity contribution in [3.8, 4) is 0 Å². The zero-order valence-electron chi connectivity index (χ0n) is 13.1.